The Bertz CT molecular complexity index is 354. The Hall–Kier alpha value is -0.200. The molecule has 0 heterocycles. The number of halogens is 2. The van der Waals surface area contributed by atoms with Crippen LogP contribution in [0.4, 0.5) is 0 Å². The number of rotatable bonds is 3. The molecule has 1 aromatic carbocycles. The van der Waals surface area contributed by atoms with Gasteiger partial charge in [-0.25, -0.2) is 0 Å². The summed E-state index contributed by atoms with van der Waals surface area (Å²) in [6.07, 6.45) is 10.3. The van der Waals surface area contributed by atoms with Crippen molar-refractivity contribution in [2.24, 2.45) is 5.92 Å². The van der Waals surface area contributed by atoms with Gasteiger partial charge in [0.15, 0.2) is 0 Å². The number of hydrogen-bond acceptors (Lipinski definition) is 0. The maximum absolute atomic E-state index is 6.63. The van der Waals surface area contributed by atoms with Gasteiger partial charge in [0.25, 0.3) is 0 Å². The van der Waals surface area contributed by atoms with Crippen LogP contribution < -0.4 is 0 Å². The minimum absolute atomic E-state index is 0.239. The second-order valence-electron chi connectivity index (χ2n) is 5.42. The van der Waals surface area contributed by atoms with Crippen LogP contribution in [-0.4, -0.2) is 5.38 Å². The van der Waals surface area contributed by atoms with E-state index in [4.69, 9.17) is 23.2 Å². The van der Waals surface area contributed by atoms with Crippen LogP contribution in [0.15, 0.2) is 24.3 Å². The molecule has 0 amide bonds. The van der Waals surface area contributed by atoms with Gasteiger partial charge in [0.05, 0.1) is 0 Å². The highest BCUT2D eigenvalue weighted by molar-refractivity contribution is 6.31. The summed E-state index contributed by atoms with van der Waals surface area (Å²) in [6.45, 7) is 0. The lowest BCUT2D eigenvalue weighted by molar-refractivity contribution is 0.364. The highest BCUT2D eigenvalue weighted by atomic mass is 35.5. The summed E-state index contributed by atoms with van der Waals surface area (Å²) in [5.74, 6) is 0.670. The Labute approximate surface area is 121 Å². The predicted octanol–water partition coefficient (Wildman–Crippen LogP) is 5.85. The third-order valence-electron chi connectivity index (χ3n) is 4.03. The van der Waals surface area contributed by atoms with Gasteiger partial charge in [-0.05, 0) is 36.8 Å². The van der Waals surface area contributed by atoms with Gasteiger partial charge in [0.2, 0.25) is 0 Å². The zero-order chi connectivity index (χ0) is 12.8. The highest BCUT2D eigenvalue weighted by Gasteiger charge is 2.21. The summed E-state index contributed by atoms with van der Waals surface area (Å²) in [6, 6.07) is 8.08. The second-order valence-corrected chi connectivity index (χ2v) is 6.38. The summed E-state index contributed by atoms with van der Waals surface area (Å²) < 4.78 is 0. The molecule has 0 N–H and O–H groups in total. The van der Waals surface area contributed by atoms with Crippen molar-refractivity contribution < 1.29 is 0 Å². The van der Waals surface area contributed by atoms with E-state index in [1.807, 2.05) is 18.2 Å². The van der Waals surface area contributed by atoms with Gasteiger partial charge in [-0.1, -0.05) is 61.9 Å². The smallest absolute Gasteiger partial charge is 0.0438 e. The molecule has 2 heteroatoms. The zero-order valence-electron chi connectivity index (χ0n) is 10.9. The molecule has 1 aromatic rings. The molecule has 0 aromatic heterocycles. The first-order chi connectivity index (χ1) is 8.77. The first-order valence-corrected chi connectivity index (χ1v) is 7.96. The molecule has 0 radical (unpaired) electrons. The fourth-order valence-electron chi connectivity index (χ4n) is 2.89. The first kappa shape index (κ1) is 14.2. The fourth-order valence-corrected chi connectivity index (χ4v) is 3.52. The molecule has 1 aliphatic rings. The van der Waals surface area contributed by atoms with Crippen molar-refractivity contribution in [2.75, 3.05) is 0 Å². The van der Waals surface area contributed by atoms with Crippen molar-refractivity contribution in [1.29, 1.82) is 0 Å². The topological polar surface area (TPSA) is 0 Å². The Morgan fingerprint density at radius 1 is 1.00 bits per heavy atom. The van der Waals surface area contributed by atoms with E-state index in [9.17, 15) is 0 Å². The molecule has 100 valence electrons. The van der Waals surface area contributed by atoms with E-state index < -0.39 is 0 Å². The third kappa shape index (κ3) is 4.17. The lowest BCUT2D eigenvalue weighted by atomic mass is 9.86. The third-order valence-corrected chi connectivity index (χ3v) is 4.91. The fraction of sp³-hybridized carbons (Fsp3) is 0.625. The Morgan fingerprint density at radius 3 is 2.28 bits per heavy atom. The standard InChI is InChI=1S/C16H22Cl2/c17-15-11-7-6-10-14(15)12-16(18)13-8-4-2-1-3-5-9-13/h6-7,10-11,13,16H,1-5,8-9,12H2. The molecule has 1 atom stereocenters. The van der Waals surface area contributed by atoms with Crippen molar-refractivity contribution in [3.63, 3.8) is 0 Å². The van der Waals surface area contributed by atoms with E-state index in [1.165, 1.54) is 50.5 Å². The lowest BCUT2D eigenvalue weighted by Gasteiger charge is -2.24. The number of alkyl halides is 1. The lowest BCUT2D eigenvalue weighted by Crippen LogP contribution is -2.19. The van der Waals surface area contributed by atoms with E-state index in [1.54, 1.807) is 0 Å². The zero-order valence-corrected chi connectivity index (χ0v) is 12.4. The molecule has 0 aliphatic heterocycles. The highest BCUT2D eigenvalue weighted by Crippen LogP contribution is 2.30. The van der Waals surface area contributed by atoms with Crippen LogP contribution in [0.3, 0.4) is 0 Å². The summed E-state index contributed by atoms with van der Waals surface area (Å²) in [5, 5.41) is 1.09. The van der Waals surface area contributed by atoms with Crippen LogP contribution in [0, 0.1) is 5.92 Å². The summed E-state index contributed by atoms with van der Waals surface area (Å²) >= 11 is 12.8. The molecule has 0 bridgehead atoms. The van der Waals surface area contributed by atoms with Crippen molar-refractivity contribution in [3.05, 3.63) is 34.9 Å². The molecule has 18 heavy (non-hydrogen) atoms. The molecule has 1 aliphatic carbocycles. The summed E-state index contributed by atoms with van der Waals surface area (Å²) in [7, 11) is 0. The van der Waals surface area contributed by atoms with Crippen LogP contribution in [-0.2, 0) is 6.42 Å². The Morgan fingerprint density at radius 2 is 1.61 bits per heavy atom. The van der Waals surface area contributed by atoms with Gasteiger partial charge in [0, 0.05) is 10.4 Å². The minimum atomic E-state index is 0.239. The SMILES string of the molecule is Clc1ccccc1CC(Cl)C1CCCCCCC1. The van der Waals surface area contributed by atoms with E-state index in [0.717, 1.165) is 11.4 Å². The van der Waals surface area contributed by atoms with Crippen molar-refractivity contribution in [3.8, 4) is 0 Å². The monoisotopic (exact) mass is 284 g/mol. The van der Waals surface area contributed by atoms with Crippen LogP contribution >= 0.6 is 23.2 Å². The largest absolute Gasteiger partial charge is 0.122 e. The van der Waals surface area contributed by atoms with Crippen LogP contribution in [0.5, 0.6) is 0 Å². The predicted molar refractivity (Wildman–Crippen MR) is 80.6 cm³/mol. The van der Waals surface area contributed by atoms with Crippen molar-refractivity contribution in [2.45, 2.75) is 56.7 Å². The van der Waals surface area contributed by atoms with Crippen molar-refractivity contribution >= 4 is 23.2 Å². The van der Waals surface area contributed by atoms with Crippen LogP contribution in [0.2, 0.25) is 5.02 Å². The maximum atomic E-state index is 6.63. The minimum Gasteiger partial charge on any atom is -0.122 e. The van der Waals surface area contributed by atoms with Gasteiger partial charge in [-0.15, -0.1) is 11.6 Å². The molecule has 0 nitrogen and oxygen atoms in total. The van der Waals surface area contributed by atoms with E-state index >= 15 is 0 Å². The van der Waals surface area contributed by atoms with Gasteiger partial charge >= 0.3 is 0 Å². The average molecular weight is 285 g/mol. The van der Waals surface area contributed by atoms with E-state index in [0.29, 0.717) is 5.92 Å². The second kappa shape index (κ2) is 7.40. The molecule has 1 saturated carbocycles. The molecule has 1 fully saturated rings. The summed E-state index contributed by atoms with van der Waals surface area (Å²) in [4.78, 5) is 0. The number of hydrogen-bond donors (Lipinski definition) is 0. The molecule has 2 rings (SSSR count). The quantitative estimate of drug-likeness (QED) is 0.611. The molecule has 0 spiro atoms. The van der Waals surface area contributed by atoms with Crippen LogP contribution in [0.1, 0.15) is 50.5 Å². The van der Waals surface area contributed by atoms with Gasteiger partial charge < -0.3 is 0 Å². The maximum Gasteiger partial charge on any atom is 0.0438 e. The molecule has 0 saturated heterocycles. The van der Waals surface area contributed by atoms with E-state index in [2.05, 4.69) is 6.07 Å². The van der Waals surface area contributed by atoms with Gasteiger partial charge in [-0.3, -0.25) is 0 Å². The van der Waals surface area contributed by atoms with Crippen LogP contribution in [0.25, 0.3) is 0 Å². The average Bonchev–Trinajstić information content (AvgIpc) is 2.31. The first-order valence-electron chi connectivity index (χ1n) is 7.15. The molecular weight excluding hydrogens is 263 g/mol. The normalized spacial score (nSPS) is 20.1. The number of benzene rings is 1. The van der Waals surface area contributed by atoms with Crippen molar-refractivity contribution in [1.82, 2.24) is 0 Å². The van der Waals surface area contributed by atoms with Gasteiger partial charge in [-0.2, -0.15) is 0 Å². The van der Waals surface area contributed by atoms with Gasteiger partial charge in [0.1, 0.15) is 0 Å². The molecule has 1 unspecified atom stereocenters. The Balaban J connectivity index is 1.93. The summed E-state index contributed by atoms with van der Waals surface area (Å²) in [5.41, 5.74) is 1.20. The van der Waals surface area contributed by atoms with E-state index in [-0.39, 0.29) is 5.38 Å². The Kier molecular flexibility index (Phi) is 5.85. The molecular formula is C16H22Cl2.